The molecule has 12 heteroatoms. The first-order valence-corrected chi connectivity index (χ1v) is 15.1. The van der Waals surface area contributed by atoms with Crippen LogP contribution in [0.1, 0.15) is 58.6 Å². The molecule has 1 aromatic carbocycles. The Kier molecular flexibility index (Phi) is 9.83. The number of halogens is 6. The van der Waals surface area contributed by atoms with Crippen LogP contribution in [0.5, 0.6) is 0 Å². The molecule has 0 saturated carbocycles. The Hall–Kier alpha value is -2.96. The van der Waals surface area contributed by atoms with Crippen LogP contribution in [-0.2, 0) is 10.4 Å². The number of nitrogens with zero attached hydrogens (tertiary/aromatic N) is 3. The Bertz CT molecular complexity index is 1350. The third-order valence-corrected chi connectivity index (χ3v) is 8.84. The average molecular weight is 641 g/mol. The van der Waals surface area contributed by atoms with Crippen LogP contribution in [0.25, 0.3) is 5.57 Å². The third-order valence-electron chi connectivity index (χ3n) is 8.84. The highest BCUT2D eigenvalue weighted by Crippen LogP contribution is 2.50. The van der Waals surface area contributed by atoms with Gasteiger partial charge in [0.2, 0.25) is 5.91 Å². The number of hydrogen-bond acceptors (Lipinski definition) is 5. The van der Waals surface area contributed by atoms with Gasteiger partial charge >= 0.3 is 12.4 Å². The van der Waals surface area contributed by atoms with Crippen molar-refractivity contribution in [2.24, 2.45) is 15.8 Å². The highest BCUT2D eigenvalue weighted by Gasteiger charge is 2.71. The number of piperazine rings is 1. The van der Waals surface area contributed by atoms with Gasteiger partial charge in [0.1, 0.15) is 6.04 Å². The van der Waals surface area contributed by atoms with Crippen LogP contribution in [0.2, 0.25) is 0 Å². The maximum atomic E-state index is 13.3. The number of allylic oxidation sites excluding steroid dienone is 3. The van der Waals surface area contributed by atoms with E-state index in [1.165, 1.54) is 12.1 Å². The first-order valence-electron chi connectivity index (χ1n) is 15.1. The minimum atomic E-state index is -5.94. The fourth-order valence-corrected chi connectivity index (χ4v) is 6.44. The molecule has 4 rings (SSSR count). The number of alkyl halides is 6. The molecule has 2 N–H and O–H groups in total. The van der Waals surface area contributed by atoms with Crippen LogP contribution in [0.15, 0.2) is 59.3 Å². The van der Waals surface area contributed by atoms with Gasteiger partial charge in [-0.3, -0.25) is 19.6 Å². The summed E-state index contributed by atoms with van der Waals surface area (Å²) in [5, 5.41) is 12.8. The first kappa shape index (κ1) is 34.9. The second-order valence-electron chi connectivity index (χ2n) is 13.6. The van der Waals surface area contributed by atoms with E-state index in [2.05, 4.69) is 33.1 Å². The Morgan fingerprint density at radius 2 is 1.69 bits per heavy atom. The maximum absolute atomic E-state index is 13.3. The quantitative estimate of drug-likeness (QED) is 0.330. The summed E-state index contributed by atoms with van der Waals surface area (Å²) in [6.07, 6.45) is -0.868. The van der Waals surface area contributed by atoms with E-state index in [9.17, 15) is 36.2 Å². The van der Waals surface area contributed by atoms with Gasteiger partial charge in [0.05, 0.1) is 0 Å². The Balaban J connectivity index is 1.51. The van der Waals surface area contributed by atoms with Crippen LogP contribution in [0.4, 0.5) is 26.3 Å². The molecule has 1 unspecified atom stereocenters. The monoisotopic (exact) mass is 640 g/mol. The van der Waals surface area contributed by atoms with Crippen LogP contribution >= 0.6 is 0 Å². The molecule has 2 heterocycles. The van der Waals surface area contributed by atoms with Gasteiger partial charge in [-0.15, -0.1) is 0 Å². The van der Waals surface area contributed by atoms with Crippen molar-refractivity contribution in [3.63, 3.8) is 0 Å². The number of carbonyl (C=O) groups is 1. The molecular weight excluding hydrogens is 598 g/mol. The highest BCUT2D eigenvalue weighted by molar-refractivity contribution is 5.82. The lowest BCUT2D eigenvalue weighted by molar-refractivity contribution is -0.376. The SMILES string of the molecule is CC(C)NC(=O)[C@H]1CN(CC2=CC=C(c3ccc(C(O)(C(F)(F)F)C(F)(F)F)cc3)C(C)(C)C2)CCN1CC1(C)C=CN=CC1. The second-order valence-corrected chi connectivity index (χ2v) is 13.6. The molecule has 1 aliphatic carbocycles. The number of carbonyl (C=O) groups excluding carboxylic acids is 1. The molecule has 3 aliphatic rings. The Morgan fingerprint density at radius 3 is 2.22 bits per heavy atom. The summed E-state index contributed by atoms with van der Waals surface area (Å²) in [5.74, 6) is -0.0155. The molecular formula is C33H42F6N4O2. The lowest BCUT2D eigenvalue weighted by atomic mass is 9.72. The van der Waals surface area contributed by atoms with Crippen LogP contribution < -0.4 is 5.32 Å². The predicted octanol–water partition coefficient (Wildman–Crippen LogP) is 6.24. The van der Waals surface area contributed by atoms with E-state index < -0.39 is 28.9 Å². The van der Waals surface area contributed by atoms with Gasteiger partial charge in [-0.1, -0.05) is 68.8 Å². The molecule has 0 aromatic heterocycles. The maximum Gasteiger partial charge on any atom is 0.430 e. The van der Waals surface area contributed by atoms with Crippen LogP contribution in [0, 0.1) is 10.8 Å². The number of amides is 1. The number of aliphatic hydroxyl groups is 1. The molecule has 0 radical (unpaired) electrons. The van der Waals surface area contributed by atoms with E-state index in [1.54, 1.807) is 6.20 Å². The van der Waals surface area contributed by atoms with Crippen LogP contribution in [-0.4, -0.2) is 84.2 Å². The van der Waals surface area contributed by atoms with Crippen molar-refractivity contribution in [2.75, 3.05) is 32.7 Å². The van der Waals surface area contributed by atoms with Gasteiger partial charge in [0, 0.05) is 62.2 Å². The zero-order chi connectivity index (χ0) is 33.4. The predicted molar refractivity (Wildman–Crippen MR) is 162 cm³/mol. The fourth-order valence-electron chi connectivity index (χ4n) is 6.44. The average Bonchev–Trinajstić information content (AvgIpc) is 2.92. The number of aliphatic imine (C=N–C) groups is 1. The molecule has 0 bridgehead atoms. The zero-order valence-corrected chi connectivity index (χ0v) is 26.3. The third kappa shape index (κ3) is 7.55. The minimum Gasteiger partial charge on any atom is -0.369 e. The van der Waals surface area contributed by atoms with Crippen molar-refractivity contribution < 1.29 is 36.2 Å². The zero-order valence-electron chi connectivity index (χ0n) is 26.3. The van der Waals surface area contributed by atoms with E-state index >= 15 is 0 Å². The summed E-state index contributed by atoms with van der Waals surface area (Å²) in [5.41, 5.74) is -4.50. The number of hydrogen-bond donors (Lipinski definition) is 2. The van der Waals surface area contributed by atoms with Crippen molar-refractivity contribution in [3.05, 3.63) is 65.4 Å². The van der Waals surface area contributed by atoms with Gasteiger partial charge < -0.3 is 10.4 Å². The van der Waals surface area contributed by atoms with Crippen molar-refractivity contribution in [3.8, 4) is 0 Å². The van der Waals surface area contributed by atoms with Crippen molar-refractivity contribution in [1.82, 2.24) is 15.1 Å². The molecule has 248 valence electrons. The van der Waals surface area contributed by atoms with E-state index in [0.29, 0.717) is 43.8 Å². The summed E-state index contributed by atoms with van der Waals surface area (Å²) < 4.78 is 80.1. The molecule has 2 aliphatic heterocycles. The van der Waals surface area contributed by atoms with E-state index in [4.69, 9.17) is 0 Å². The number of rotatable bonds is 8. The summed E-state index contributed by atoms with van der Waals surface area (Å²) in [7, 11) is 0. The molecule has 1 aromatic rings. The minimum absolute atomic E-state index is 0.00206. The molecule has 2 atom stereocenters. The topological polar surface area (TPSA) is 68.2 Å². The van der Waals surface area contributed by atoms with E-state index in [1.807, 2.05) is 46.1 Å². The summed E-state index contributed by atoms with van der Waals surface area (Å²) >= 11 is 0. The van der Waals surface area contributed by atoms with Crippen molar-refractivity contribution >= 4 is 17.7 Å². The summed E-state index contributed by atoms with van der Waals surface area (Å²) in [6.45, 7) is 13.3. The first-order chi connectivity index (χ1) is 20.8. The fraction of sp³-hybridized carbons (Fsp3) is 0.576. The molecule has 0 spiro atoms. The Labute approximate surface area is 260 Å². The lowest BCUT2D eigenvalue weighted by Gasteiger charge is -2.44. The standard InChI is InChI=1S/C33H42F6N4O2/c1-22(2)41-28(44)27-20-42(16-17-43(27)21-30(5)12-14-40-15-13-30)19-23-6-11-26(29(3,4)18-23)24-7-9-25(10-8-24)31(45,32(34,35)36)33(37,38)39/h6-12,14-15,22,27,45H,13,16-21H2,1-5H3,(H,41,44)/t27-,30?/m1/s1. The Morgan fingerprint density at radius 1 is 1.04 bits per heavy atom. The smallest absolute Gasteiger partial charge is 0.369 e. The molecule has 6 nitrogen and oxygen atoms in total. The molecule has 1 fully saturated rings. The second kappa shape index (κ2) is 12.7. The highest BCUT2D eigenvalue weighted by atomic mass is 19.4. The molecule has 1 saturated heterocycles. The summed E-state index contributed by atoms with van der Waals surface area (Å²) in [4.78, 5) is 22.0. The van der Waals surface area contributed by atoms with Gasteiger partial charge in [-0.2, -0.15) is 26.3 Å². The normalized spacial score (nSPS) is 24.9. The van der Waals surface area contributed by atoms with Gasteiger partial charge in [-0.05, 0) is 43.2 Å². The lowest BCUT2D eigenvalue weighted by Crippen LogP contribution is -2.61. The largest absolute Gasteiger partial charge is 0.430 e. The summed E-state index contributed by atoms with van der Waals surface area (Å²) in [6, 6.07) is 3.42. The molecule has 45 heavy (non-hydrogen) atoms. The van der Waals surface area contributed by atoms with E-state index in [0.717, 1.165) is 30.7 Å². The van der Waals surface area contributed by atoms with Crippen molar-refractivity contribution in [2.45, 2.75) is 77.5 Å². The van der Waals surface area contributed by atoms with Gasteiger partial charge in [-0.25, -0.2) is 0 Å². The van der Waals surface area contributed by atoms with Gasteiger partial charge in [0.15, 0.2) is 0 Å². The van der Waals surface area contributed by atoms with Crippen LogP contribution in [0.3, 0.4) is 0 Å². The van der Waals surface area contributed by atoms with Crippen molar-refractivity contribution in [1.29, 1.82) is 0 Å². The number of nitrogens with one attached hydrogen (secondary N) is 1. The van der Waals surface area contributed by atoms with E-state index in [-0.39, 0.29) is 23.4 Å². The van der Waals surface area contributed by atoms with Gasteiger partial charge in [0.25, 0.3) is 5.60 Å². The number of benzene rings is 1. The molecule has 1 amide bonds.